The van der Waals surface area contributed by atoms with Gasteiger partial charge < -0.3 is 5.73 Å². The first kappa shape index (κ1) is 14.5. The maximum Gasteiger partial charge on any atom is 0.264 e. The highest BCUT2D eigenvalue weighted by Crippen LogP contribution is 2.19. The van der Waals surface area contributed by atoms with Gasteiger partial charge in [0.25, 0.3) is 10.0 Å². The van der Waals surface area contributed by atoms with Gasteiger partial charge in [-0.1, -0.05) is 17.7 Å². The molecule has 0 saturated heterocycles. The summed E-state index contributed by atoms with van der Waals surface area (Å²) in [5.74, 6) is -0.0749. The van der Waals surface area contributed by atoms with E-state index in [1.165, 1.54) is 18.2 Å². The number of benzene rings is 1. The third-order valence-electron chi connectivity index (χ3n) is 2.61. The minimum absolute atomic E-state index is 0.0434. The molecular weight excluding hydrogens is 300 g/mol. The molecule has 0 spiro atoms. The summed E-state index contributed by atoms with van der Waals surface area (Å²) in [4.78, 5) is 7.83. The number of aryl methyl sites for hydroxylation is 2. The molecule has 0 fully saturated rings. The van der Waals surface area contributed by atoms with Gasteiger partial charge in [-0.2, -0.15) is 0 Å². The highest BCUT2D eigenvalue weighted by molar-refractivity contribution is 7.92. The van der Waals surface area contributed by atoms with Crippen molar-refractivity contribution in [1.82, 2.24) is 9.97 Å². The Morgan fingerprint density at radius 2 is 1.90 bits per heavy atom. The summed E-state index contributed by atoms with van der Waals surface area (Å²) in [7, 11) is -3.80. The van der Waals surface area contributed by atoms with Crippen LogP contribution in [-0.4, -0.2) is 18.4 Å². The number of nitrogens with one attached hydrogen (secondary N) is 1. The molecule has 106 valence electrons. The van der Waals surface area contributed by atoms with Crippen LogP contribution in [0.25, 0.3) is 0 Å². The molecule has 1 aromatic heterocycles. The van der Waals surface area contributed by atoms with Crippen molar-refractivity contribution >= 4 is 33.3 Å². The number of anilines is 2. The van der Waals surface area contributed by atoms with Crippen LogP contribution < -0.4 is 10.5 Å². The Bertz CT molecular complexity index is 742. The molecule has 0 bridgehead atoms. The number of halogens is 1. The van der Waals surface area contributed by atoms with Crippen LogP contribution in [0.2, 0.25) is 5.15 Å². The van der Waals surface area contributed by atoms with E-state index in [0.717, 1.165) is 5.56 Å². The number of nitrogen functional groups attached to an aromatic ring is 1. The molecule has 0 radical (unpaired) electrons. The van der Waals surface area contributed by atoms with Gasteiger partial charge in [-0.3, -0.25) is 0 Å². The van der Waals surface area contributed by atoms with Gasteiger partial charge in [0.05, 0.1) is 4.90 Å². The summed E-state index contributed by atoms with van der Waals surface area (Å²) in [5, 5.41) is 0.165. The van der Waals surface area contributed by atoms with Gasteiger partial charge >= 0.3 is 0 Å². The van der Waals surface area contributed by atoms with E-state index in [2.05, 4.69) is 14.7 Å². The molecule has 6 nitrogen and oxygen atoms in total. The Kier molecular flexibility index (Phi) is 3.82. The van der Waals surface area contributed by atoms with Crippen LogP contribution >= 0.6 is 11.6 Å². The zero-order valence-corrected chi connectivity index (χ0v) is 12.5. The van der Waals surface area contributed by atoms with Crippen LogP contribution in [0.3, 0.4) is 0 Å². The van der Waals surface area contributed by atoms with Crippen LogP contribution in [-0.2, 0) is 10.0 Å². The zero-order chi connectivity index (χ0) is 14.9. The Morgan fingerprint density at radius 3 is 2.50 bits per heavy atom. The van der Waals surface area contributed by atoms with Crippen molar-refractivity contribution in [2.75, 3.05) is 10.5 Å². The van der Waals surface area contributed by atoms with Crippen molar-refractivity contribution in [2.45, 2.75) is 18.7 Å². The number of hydrogen-bond donors (Lipinski definition) is 2. The lowest BCUT2D eigenvalue weighted by atomic mass is 10.2. The van der Waals surface area contributed by atoms with Crippen LogP contribution in [0.1, 0.15) is 11.3 Å². The van der Waals surface area contributed by atoms with Crippen molar-refractivity contribution < 1.29 is 8.42 Å². The Morgan fingerprint density at radius 1 is 1.20 bits per heavy atom. The van der Waals surface area contributed by atoms with E-state index in [1.807, 2.05) is 0 Å². The largest absolute Gasteiger partial charge is 0.398 e. The summed E-state index contributed by atoms with van der Waals surface area (Å²) in [6, 6.07) is 6.01. The molecule has 0 saturated carbocycles. The van der Waals surface area contributed by atoms with Crippen LogP contribution in [0.4, 0.5) is 11.6 Å². The lowest BCUT2D eigenvalue weighted by molar-refractivity contribution is 0.601. The SMILES string of the molecule is Cc1cc(Cl)nc(NS(=O)(=O)c2ccc(C)c(N)c2)n1. The molecule has 0 atom stereocenters. The predicted octanol–water partition coefficient (Wildman–Crippen LogP) is 2.13. The van der Waals surface area contributed by atoms with E-state index in [4.69, 9.17) is 17.3 Å². The second-order valence-electron chi connectivity index (χ2n) is 4.28. The van der Waals surface area contributed by atoms with Gasteiger partial charge in [-0.25, -0.2) is 23.1 Å². The van der Waals surface area contributed by atoms with Crippen LogP contribution in [0, 0.1) is 13.8 Å². The first-order valence-electron chi connectivity index (χ1n) is 5.68. The van der Waals surface area contributed by atoms with Gasteiger partial charge in [0.15, 0.2) is 0 Å². The normalized spacial score (nSPS) is 11.3. The molecule has 2 aromatic rings. The molecular formula is C12H13ClN4O2S. The standard InChI is InChI=1S/C12H13ClN4O2S/c1-7-3-4-9(6-10(7)14)20(18,19)17-12-15-8(2)5-11(13)16-12/h3-6H,14H2,1-2H3,(H,15,16,17). The first-order chi connectivity index (χ1) is 9.28. The molecule has 1 heterocycles. The fourth-order valence-electron chi connectivity index (χ4n) is 1.54. The molecule has 1 aromatic carbocycles. The Labute approximate surface area is 122 Å². The second-order valence-corrected chi connectivity index (χ2v) is 6.35. The smallest absolute Gasteiger partial charge is 0.264 e. The quantitative estimate of drug-likeness (QED) is 0.668. The van der Waals surface area contributed by atoms with Crippen LogP contribution in [0.15, 0.2) is 29.2 Å². The number of rotatable bonds is 3. The number of nitrogens with two attached hydrogens (primary N) is 1. The molecule has 20 heavy (non-hydrogen) atoms. The fraction of sp³-hybridized carbons (Fsp3) is 0.167. The average molecular weight is 313 g/mol. The summed E-state index contributed by atoms with van der Waals surface area (Å²) in [5.41, 5.74) is 7.48. The molecule has 0 amide bonds. The zero-order valence-electron chi connectivity index (χ0n) is 10.9. The number of hydrogen-bond acceptors (Lipinski definition) is 5. The average Bonchev–Trinajstić information content (AvgIpc) is 2.30. The van der Waals surface area contributed by atoms with Crippen molar-refractivity contribution in [1.29, 1.82) is 0 Å². The fourth-order valence-corrected chi connectivity index (χ4v) is 2.76. The van der Waals surface area contributed by atoms with E-state index in [0.29, 0.717) is 11.4 Å². The maximum atomic E-state index is 12.2. The predicted molar refractivity (Wildman–Crippen MR) is 78.2 cm³/mol. The molecule has 8 heteroatoms. The van der Waals surface area contributed by atoms with Crippen molar-refractivity contribution in [3.05, 3.63) is 40.7 Å². The van der Waals surface area contributed by atoms with E-state index in [9.17, 15) is 8.42 Å². The molecule has 0 aliphatic carbocycles. The number of sulfonamides is 1. The topological polar surface area (TPSA) is 98.0 Å². The Hall–Kier alpha value is -1.86. The lowest BCUT2D eigenvalue weighted by Crippen LogP contribution is -2.15. The minimum atomic E-state index is -3.80. The molecule has 2 rings (SSSR count). The van der Waals surface area contributed by atoms with E-state index < -0.39 is 10.0 Å². The highest BCUT2D eigenvalue weighted by atomic mass is 35.5. The third kappa shape index (κ3) is 3.17. The second kappa shape index (κ2) is 5.26. The molecule has 3 N–H and O–H groups in total. The van der Waals surface area contributed by atoms with Gasteiger partial charge in [0.1, 0.15) is 5.15 Å². The lowest BCUT2D eigenvalue weighted by Gasteiger charge is -2.09. The van der Waals surface area contributed by atoms with E-state index in [-0.39, 0.29) is 16.0 Å². The van der Waals surface area contributed by atoms with Gasteiger partial charge in [0.2, 0.25) is 5.95 Å². The summed E-state index contributed by atoms with van der Waals surface area (Å²) >= 11 is 5.77. The highest BCUT2D eigenvalue weighted by Gasteiger charge is 2.17. The van der Waals surface area contributed by atoms with Crippen LogP contribution in [0.5, 0.6) is 0 Å². The first-order valence-corrected chi connectivity index (χ1v) is 7.54. The van der Waals surface area contributed by atoms with Crippen molar-refractivity contribution in [3.63, 3.8) is 0 Å². The third-order valence-corrected chi connectivity index (χ3v) is 4.13. The monoisotopic (exact) mass is 312 g/mol. The van der Waals surface area contributed by atoms with Gasteiger partial charge in [0, 0.05) is 11.4 Å². The Balaban J connectivity index is 2.37. The van der Waals surface area contributed by atoms with Crippen molar-refractivity contribution in [3.8, 4) is 0 Å². The number of aromatic nitrogens is 2. The minimum Gasteiger partial charge on any atom is -0.398 e. The molecule has 0 aliphatic heterocycles. The molecule has 0 unspecified atom stereocenters. The number of nitrogens with zero attached hydrogens (tertiary/aromatic N) is 2. The van der Waals surface area contributed by atoms with E-state index >= 15 is 0 Å². The molecule has 0 aliphatic rings. The van der Waals surface area contributed by atoms with Gasteiger partial charge in [-0.15, -0.1) is 0 Å². The summed E-state index contributed by atoms with van der Waals surface area (Å²) in [6.45, 7) is 3.48. The van der Waals surface area contributed by atoms with Crippen molar-refractivity contribution in [2.24, 2.45) is 0 Å². The summed E-state index contributed by atoms with van der Waals surface area (Å²) in [6.07, 6.45) is 0. The van der Waals surface area contributed by atoms with Gasteiger partial charge in [-0.05, 0) is 37.6 Å². The maximum absolute atomic E-state index is 12.2. The van der Waals surface area contributed by atoms with E-state index in [1.54, 1.807) is 19.9 Å². The summed E-state index contributed by atoms with van der Waals surface area (Å²) < 4.78 is 26.7.